The van der Waals surface area contributed by atoms with Gasteiger partial charge in [-0.05, 0) is 43.9 Å². The Bertz CT molecular complexity index is 332. The smallest absolute Gasteiger partial charge is 0.119 e. The molecule has 18 heavy (non-hydrogen) atoms. The van der Waals surface area contributed by atoms with Crippen molar-refractivity contribution in [1.82, 2.24) is 0 Å². The zero-order valence-corrected chi connectivity index (χ0v) is 11.7. The van der Waals surface area contributed by atoms with E-state index in [-0.39, 0.29) is 6.10 Å². The topological polar surface area (TPSA) is 38.7 Å². The second-order valence-electron chi connectivity index (χ2n) is 5.05. The van der Waals surface area contributed by atoms with Gasteiger partial charge in [-0.2, -0.15) is 0 Å². The van der Waals surface area contributed by atoms with Crippen molar-refractivity contribution in [3.8, 4) is 5.75 Å². The predicted molar refractivity (Wildman–Crippen MR) is 72.8 cm³/mol. The lowest BCUT2D eigenvalue weighted by Crippen LogP contribution is -2.09. The van der Waals surface area contributed by atoms with Crippen LogP contribution in [0.4, 0.5) is 0 Å². The molecule has 1 N–H and O–H groups in total. The van der Waals surface area contributed by atoms with Gasteiger partial charge in [0.1, 0.15) is 5.75 Å². The van der Waals surface area contributed by atoms with Crippen LogP contribution in [-0.4, -0.2) is 24.9 Å². The molecule has 1 aromatic carbocycles. The van der Waals surface area contributed by atoms with Crippen molar-refractivity contribution in [3.63, 3.8) is 0 Å². The highest BCUT2D eigenvalue weighted by atomic mass is 16.5. The predicted octanol–water partition coefficient (Wildman–Crippen LogP) is 3.18. The molecule has 2 unspecified atom stereocenters. The summed E-state index contributed by atoms with van der Waals surface area (Å²) in [5, 5.41) is 10.1. The summed E-state index contributed by atoms with van der Waals surface area (Å²) in [6, 6.07) is 7.64. The SMILES string of the molecule is COCC(C)CC(O)c1ccc(OC(C)C)cc1. The van der Waals surface area contributed by atoms with E-state index in [9.17, 15) is 5.11 Å². The van der Waals surface area contributed by atoms with Crippen LogP contribution in [0.15, 0.2) is 24.3 Å². The van der Waals surface area contributed by atoms with Gasteiger partial charge in [-0.1, -0.05) is 19.1 Å². The van der Waals surface area contributed by atoms with Gasteiger partial charge in [0.05, 0.1) is 12.2 Å². The minimum atomic E-state index is -0.441. The van der Waals surface area contributed by atoms with Crippen LogP contribution < -0.4 is 4.74 Å². The molecule has 102 valence electrons. The quantitative estimate of drug-likeness (QED) is 0.810. The minimum absolute atomic E-state index is 0.169. The molecular weight excluding hydrogens is 228 g/mol. The van der Waals surface area contributed by atoms with E-state index in [0.29, 0.717) is 18.9 Å². The van der Waals surface area contributed by atoms with Gasteiger partial charge < -0.3 is 14.6 Å². The summed E-state index contributed by atoms with van der Waals surface area (Å²) < 4.78 is 10.6. The second-order valence-corrected chi connectivity index (χ2v) is 5.05. The van der Waals surface area contributed by atoms with Crippen LogP contribution >= 0.6 is 0 Å². The standard InChI is InChI=1S/C15H24O3/c1-11(2)18-14-7-5-13(6-8-14)15(16)9-12(3)10-17-4/h5-8,11-12,15-16H,9-10H2,1-4H3. The normalized spacial score (nSPS) is 14.6. The molecule has 0 fully saturated rings. The third kappa shape index (κ3) is 5.07. The summed E-state index contributed by atoms with van der Waals surface area (Å²) >= 11 is 0. The number of hydrogen-bond acceptors (Lipinski definition) is 3. The number of methoxy groups -OCH3 is 1. The zero-order valence-electron chi connectivity index (χ0n) is 11.7. The third-order valence-electron chi connectivity index (χ3n) is 2.71. The van der Waals surface area contributed by atoms with Crippen molar-refractivity contribution >= 4 is 0 Å². The summed E-state index contributed by atoms with van der Waals surface area (Å²) in [4.78, 5) is 0. The number of aliphatic hydroxyl groups is 1. The lowest BCUT2D eigenvalue weighted by Gasteiger charge is -2.17. The fourth-order valence-electron chi connectivity index (χ4n) is 1.91. The summed E-state index contributed by atoms with van der Waals surface area (Å²) in [6.45, 7) is 6.74. The van der Waals surface area contributed by atoms with E-state index in [2.05, 4.69) is 6.92 Å². The molecule has 0 saturated carbocycles. The summed E-state index contributed by atoms with van der Waals surface area (Å²) in [5.74, 6) is 1.18. The Morgan fingerprint density at radius 3 is 2.22 bits per heavy atom. The summed E-state index contributed by atoms with van der Waals surface area (Å²) in [5.41, 5.74) is 0.925. The molecule has 1 rings (SSSR count). The van der Waals surface area contributed by atoms with E-state index in [1.807, 2.05) is 38.1 Å². The number of ether oxygens (including phenoxy) is 2. The van der Waals surface area contributed by atoms with Crippen LogP contribution in [0.25, 0.3) is 0 Å². The van der Waals surface area contributed by atoms with Gasteiger partial charge >= 0.3 is 0 Å². The highest BCUT2D eigenvalue weighted by molar-refractivity contribution is 5.28. The maximum Gasteiger partial charge on any atom is 0.119 e. The van der Waals surface area contributed by atoms with Crippen molar-refractivity contribution in [2.75, 3.05) is 13.7 Å². The summed E-state index contributed by atoms with van der Waals surface area (Å²) in [6.07, 6.45) is 0.434. The molecule has 3 nitrogen and oxygen atoms in total. The molecular formula is C15H24O3. The van der Waals surface area contributed by atoms with Gasteiger partial charge in [0.2, 0.25) is 0 Å². The Labute approximate surface area is 110 Å². The number of rotatable bonds is 7. The Kier molecular flexibility index (Phi) is 6.16. The average Bonchev–Trinajstić information content (AvgIpc) is 2.29. The molecule has 0 heterocycles. The van der Waals surface area contributed by atoms with E-state index in [4.69, 9.17) is 9.47 Å². The molecule has 0 bridgehead atoms. The van der Waals surface area contributed by atoms with E-state index < -0.39 is 6.10 Å². The Hall–Kier alpha value is -1.06. The molecule has 0 spiro atoms. The molecule has 0 aliphatic carbocycles. The number of benzene rings is 1. The van der Waals surface area contributed by atoms with Crippen LogP contribution in [0.1, 0.15) is 38.9 Å². The van der Waals surface area contributed by atoms with E-state index in [1.165, 1.54) is 0 Å². The molecule has 1 aromatic rings. The van der Waals surface area contributed by atoms with Gasteiger partial charge in [0.15, 0.2) is 0 Å². The van der Waals surface area contributed by atoms with E-state index >= 15 is 0 Å². The lowest BCUT2D eigenvalue weighted by atomic mass is 9.99. The van der Waals surface area contributed by atoms with Crippen molar-refractivity contribution in [2.24, 2.45) is 5.92 Å². The number of aliphatic hydroxyl groups excluding tert-OH is 1. The monoisotopic (exact) mass is 252 g/mol. The second kappa shape index (κ2) is 7.39. The highest BCUT2D eigenvalue weighted by Crippen LogP contribution is 2.23. The molecule has 0 aromatic heterocycles. The molecule has 0 saturated heterocycles. The van der Waals surface area contributed by atoms with Crippen LogP contribution in [0.5, 0.6) is 5.75 Å². The molecule has 0 aliphatic rings. The lowest BCUT2D eigenvalue weighted by molar-refractivity contribution is 0.102. The minimum Gasteiger partial charge on any atom is -0.491 e. The largest absolute Gasteiger partial charge is 0.491 e. The fourth-order valence-corrected chi connectivity index (χ4v) is 1.91. The fraction of sp³-hybridized carbons (Fsp3) is 0.600. The van der Waals surface area contributed by atoms with E-state index in [0.717, 1.165) is 11.3 Å². The zero-order chi connectivity index (χ0) is 13.5. The Morgan fingerprint density at radius 1 is 1.11 bits per heavy atom. The van der Waals surface area contributed by atoms with Gasteiger partial charge in [0.25, 0.3) is 0 Å². The first-order valence-electron chi connectivity index (χ1n) is 6.46. The maximum absolute atomic E-state index is 10.1. The average molecular weight is 252 g/mol. The molecule has 0 radical (unpaired) electrons. The highest BCUT2D eigenvalue weighted by Gasteiger charge is 2.12. The van der Waals surface area contributed by atoms with Crippen LogP contribution in [0.3, 0.4) is 0 Å². The first-order chi connectivity index (χ1) is 8.52. The molecule has 0 aliphatic heterocycles. The third-order valence-corrected chi connectivity index (χ3v) is 2.71. The van der Waals surface area contributed by atoms with Crippen molar-refractivity contribution < 1.29 is 14.6 Å². The van der Waals surface area contributed by atoms with E-state index in [1.54, 1.807) is 7.11 Å². The first-order valence-corrected chi connectivity index (χ1v) is 6.46. The molecule has 2 atom stereocenters. The first kappa shape index (κ1) is 15.0. The van der Waals surface area contributed by atoms with Crippen LogP contribution in [0, 0.1) is 5.92 Å². The van der Waals surface area contributed by atoms with Crippen molar-refractivity contribution in [1.29, 1.82) is 0 Å². The summed E-state index contributed by atoms with van der Waals surface area (Å²) in [7, 11) is 1.68. The van der Waals surface area contributed by atoms with Gasteiger partial charge in [0, 0.05) is 13.7 Å². The van der Waals surface area contributed by atoms with Crippen LogP contribution in [-0.2, 0) is 4.74 Å². The Balaban J connectivity index is 2.55. The molecule has 0 amide bonds. The van der Waals surface area contributed by atoms with Crippen molar-refractivity contribution in [2.45, 2.75) is 39.4 Å². The van der Waals surface area contributed by atoms with Gasteiger partial charge in [-0.25, -0.2) is 0 Å². The van der Waals surface area contributed by atoms with Crippen LogP contribution in [0.2, 0.25) is 0 Å². The maximum atomic E-state index is 10.1. The molecule has 3 heteroatoms. The van der Waals surface area contributed by atoms with Gasteiger partial charge in [-0.3, -0.25) is 0 Å². The number of hydrogen-bond donors (Lipinski definition) is 1. The Morgan fingerprint density at radius 2 is 1.72 bits per heavy atom. The van der Waals surface area contributed by atoms with Crippen molar-refractivity contribution in [3.05, 3.63) is 29.8 Å². The van der Waals surface area contributed by atoms with Gasteiger partial charge in [-0.15, -0.1) is 0 Å².